The average molecular weight is 270 g/mol. The molecule has 1 amide bonds. The van der Waals surface area contributed by atoms with E-state index in [2.05, 4.69) is 16.3 Å². The van der Waals surface area contributed by atoms with E-state index in [9.17, 15) is 4.79 Å². The Morgan fingerprint density at radius 1 is 1.59 bits per heavy atom. The minimum absolute atomic E-state index is 0.228. The van der Waals surface area contributed by atoms with Crippen molar-refractivity contribution in [3.63, 3.8) is 0 Å². The summed E-state index contributed by atoms with van der Waals surface area (Å²) >= 11 is 3.20. The molecule has 0 bridgehead atoms. The molecule has 2 rings (SSSR count). The highest BCUT2D eigenvalue weighted by Crippen LogP contribution is 2.25. The maximum atomic E-state index is 12.0. The zero-order chi connectivity index (χ0) is 12.3. The molecule has 0 saturated carbocycles. The van der Waals surface area contributed by atoms with E-state index in [0.29, 0.717) is 0 Å². The predicted molar refractivity (Wildman–Crippen MR) is 74.8 cm³/mol. The molecule has 0 atom stereocenters. The van der Waals surface area contributed by atoms with Gasteiger partial charge in [-0.15, -0.1) is 11.3 Å². The van der Waals surface area contributed by atoms with Crippen LogP contribution in [0.25, 0.3) is 0 Å². The zero-order valence-electron chi connectivity index (χ0n) is 10.3. The molecule has 0 aliphatic carbocycles. The average Bonchev–Trinajstić information content (AvgIpc) is 2.75. The Kier molecular flexibility index (Phi) is 4.48. The lowest BCUT2D eigenvalue weighted by molar-refractivity contribution is 0.218. The van der Waals surface area contributed by atoms with Crippen LogP contribution in [0.3, 0.4) is 0 Å². The van der Waals surface area contributed by atoms with Crippen molar-refractivity contribution in [1.82, 2.24) is 9.80 Å². The van der Waals surface area contributed by atoms with Crippen molar-refractivity contribution in [1.29, 1.82) is 0 Å². The van der Waals surface area contributed by atoms with Crippen molar-refractivity contribution >= 4 is 28.3 Å². The Balaban J connectivity index is 1.82. The highest BCUT2D eigenvalue weighted by Gasteiger charge is 2.21. The highest BCUT2D eigenvalue weighted by molar-refractivity contribution is 8.13. The van der Waals surface area contributed by atoms with Gasteiger partial charge in [0.15, 0.2) is 0 Å². The van der Waals surface area contributed by atoms with Gasteiger partial charge < -0.3 is 9.80 Å². The smallest absolute Gasteiger partial charge is 0.282 e. The monoisotopic (exact) mass is 270 g/mol. The molecule has 0 spiro atoms. The first-order chi connectivity index (χ1) is 8.16. The van der Waals surface area contributed by atoms with Crippen LogP contribution in [0.2, 0.25) is 0 Å². The summed E-state index contributed by atoms with van der Waals surface area (Å²) in [5, 5.41) is 2.35. The summed E-state index contributed by atoms with van der Waals surface area (Å²) in [6, 6.07) is 2.18. The van der Waals surface area contributed by atoms with Crippen LogP contribution in [-0.4, -0.2) is 48.0 Å². The zero-order valence-corrected chi connectivity index (χ0v) is 11.9. The van der Waals surface area contributed by atoms with E-state index in [0.717, 1.165) is 31.8 Å². The molecule has 1 aromatic heterocycles. The van der Waals surface area contributed by atoms with Crippen LogP contribution < -0.4 is 0 Å². The van der Waals surface area contributed by atoms with E-state index in [-0.39, 0.29) is 5.24 Å². The first kappa shape index (κ1) is 12.9. The Bertz CT molecular complexity index is 390. The lowest BCUT2D eigenvalue weighted by atomic mass is 10.1. The molecule has 0 unspecified atom stereocenters. The maximum absolute atomic E-state index is 12.0. The molecule has 0 saturated heterocycles. The molecule has 5 heteroatoms. The molecule has 3 nitrogen and oxygen atoms in total. The highest BCUT2D eigenvalue weighted by atomic mass is 32.2. The van der Waals surface area contributed by atoms with Crippen LogP contribution in [0.4, 0.5) is 4.79 Å². The number of rotatable bonds is 3. The quantitative estimate of drug-likeness (QED) is 0.843. The fourth-order valence-corrected chi connectivity index (χ4v) is 3.72. The number of carbonyl (C=O) groups is 1. The minimum atomic E-state index is 0.228. The second kappa shape index (κ2) is 5.89. The van der Waals surface area contributed by atoms with Gasteiger partial charge in [-0.1, -0.05) is 11.8 Å². The second-order valence-electron chi connectivity index (χ2n) is 4.46. The molecular formula is C12H18N2OS2. The molecule has 1 aliphatic heterocycles. The first-order valence-electron chi connectivity index (χ1n) is 5.78. The van der Waals surface area contributed by atoms with Crippen LogP contribution in [0.5, 0.6) is 0 Å². The Morgan fingerprint density at radius 2 is 2.41 bits per heavy atom. The Labute approximate surface area is 111 Å². The second-order valence-corrected chi connectivity index (χ2v) is 6.51. The van der Waals surface area contributed by atoms with Crippen molar-refractivity contribution < 1.29 is 4.79 Å². The number of fused-ring (bicyclic) bond motifs is 1. The molecule has 0 N–H and O–H groups in total. The van der Waals surface area contributed by atoms with E-state index < -0.39 is 0 Å². The molecule has 94 valence electrons. The SMILES string of the molecule is CN(C)CCSC(=O)N1CCc2ccsc2C1. The molecule has 0 fully saturated rings. The third kappa shape index (κ3) is 3.47. The third-order valence-corrected chi connectivity index (χ3v) is 4.69. The summed E-state index contributed by atoms with van der Waals surface area (Å²) in [5.74, 6) is 0.875. The molecule has 2 heterocycles. The molecule has 1 aromatic rings. The standard InChI is InChI=1S/C12H18N2OS2/c1-13(2)6-8-17-12(15)14-5-3-10-4-7-16-11(10)9-14/h4,7H,3,5-6,8-9H2,1-2H3. The van der Waals surface area contributed by atoms with Crippen molar-refractivity contribution in [2.45, 2.75) is 13.0 Å². The van der Waals surface area contributed by atoms with Crippen molar-refractivity contribution in [2.75, 3.05) is 32.9 Å². The van der Waals surface area contributed by atoms with Crippen LogP contribution >= 0.6 is 23.1 Å². The van der Waals surface area contributed by atoms with E-state index >= 15 is 0 Å². The first-order valence-corrected chi connectivity index (χ1v) is 7.65. The molecule has 17 heavy (non-hydrogen) atoms. The topological polar surface area (TPSA) is 23.6 Å². The van der Waals surface area contributed by atoms with Crippen molar-refractivity contribution in [3.8, 4) is 0 Å². The van der Waals surface area contributed by atoms with Crippen LogP contribution in [-0.2, 0) is 13.0 Å². The van der Waals surface area contributed by atoms with Gasteiger partial charge >= 0.3 is 0 Å². The summed E-state index contributed by atoms with van der Waals surface area (Å²) in [5.41, 5.74) is 1.43. The fraction of sp³-hybridized carbons (Fsp3) is 0.583. The van der Waals surface area contributed by atoms with Crippen LogP contribution in [0, 0.1) is 0 Å². The summed E-state index contributed by atoms with van der Waals surface area (Å²) in [7, 11) is 4.06. The number of hydrogen-bond donors (Lipinski definition) is 0. The summed E-state index contributed by atoms with van der Waals surface area (Å²) in [4.78, 5) is 17.4. The van der Waals surface area contributed by atoms with E-state index in [1.165, 1.54) is 22.2 Å². The van der Waals surface area contributed by atoms with Gasteiger partial charge in [0.25, 0.3) is 5.24 Å². The number of thiophene rings is 1. The normalized spacial score (nSPS) is 15.1. The Morgan fingerprint density at radius 3 is 3.18 bits per heavy atom. The largest absolute Gasteiger partial charge is 0.328 e. The number of nitrogens with zero attached hydrogens (tertiary/aromatic N) is 2. The van der Waals surface area contributed by atoms with Crippen LogP contribution in [0.15, 0.2) is 11.4 Å². The van der Waals surface area contributed by atoms with Gasteiger partial charge in [-0.3, -0.25) is 4.79 Å². The predicted octanol–water partition coefficient (Wildman–Crippen LogP) is 2.52. The molecule has 1 aliphatic rings. The van der Waals surface area contributed by atoms with Gasteiger partial charge in [0.1, 0.15) is 0 Å². The maximum Gasteiger partial charge on any atom is 0.282 e. The molecular weight excluding hydrogens is 252 g/mol. The van der Waals surface area contributed by atoms with Crippen LogP contribution in [0.1, 0.15) is 10.4 Å². The Hall–Kier alpha value is -0.520. The third-order valence-electron chi connectivity index (χ3n) is 2.85. The van der Waals surface area contributed by atoms with Gasteiger partial charge in [0.05, 0.1) is 6.54 Å². The van der Waals surface area contributed by atoms with E-state index in [1.54, 1.807) is 11.3 Å². The summed E-state index contributed by atoms with van der Waals surface area (Å²) < 4.78 is 0. The van der Waals surface area contributed by atoms with E-state index in [1.807, 2.05) is 19.0 Å². The number of amides is 1. The summed E-state index contributed by atoms with van der Waals surface area (Å²) in [6.45, 7) is 2.63. The lowest BCUT2D eigenvalue weighted by Crippen LogP contribution is -2.33. The summed E-state index contributed by atoms with van der Waals surface area (Å²) in [6.07, 6.45) is 1.01. The van der Waals surface area contributed by atoms with Gasteiger partial charge in [0, 0.05) is 23.7 Å². The van der Waals surface area contributed by atoms with Gasteiger partial charge in [0.2, 0.25) is 0 Å². The fourth-order valence-electron chi connectivity index (χ4n) is 1.80. The van der Waals surface area contributed by atoms with Gasteiger partial charge in [-0.05, 0) is 37.5 Å². The number of thioether (sulfide) groups is 1. The van der Waals surface area contributed by atoms with Crippen molar-refractivity contribution in [3.05, 3.63) is 21.9 Å². The lowest BCUT2D eigenvalue weighted by Gasteiger charge is -2.26. The van der Waals surface area contributed by atoms with Gasteiger partial charge in [-0.25, -0.2) is 0 Å². The molecule has 0 radical (unpaired) electrons. The minimum Gasteiger partial charge on any atom is -0.328 e. The number of hydrogen-bond acceptors (Lipinski definition) is 4. The van der Waals surface area contributed by atoms with Crippen molar-refractivity contribution in [2.24, 2.45) is 0 Å². The van der Waals surface area contributed by atoms with Gasteiger partial charge in [-0.2, -0.15) is 0 Å². The molecule has 0 aromatic carbocycles. The number of carbonyl (C=O) groups excluding carboxylic acids is 1. The van der Waals surface area contributed by atoms with E-state index in [4.69, 9.17) is 0 Å².